The van der Waals surface area contributed by atoms with E-state index in [1.165, 1.54) is 7.11 Å². The Hall–Kier alpha value is -1.65. The predicted octanol–water partition coefficient (Wildman–Crippen LogP) is 2.34. The normalized spacial score (nSPS) is 11.8. The van der Waals surface area contributed by atoms with Crippen LogP contribution in [0.2, 0.25) is 0 Å². The third kappa shape index (κ3) is 6.74. The van der Waals surface area contributed by atoms with Gasteiger partial charge in [-0.05, 0) is 12.0 Å². The van der Waals surface area contributed by atoms with E-state index in [0.717, 1.165) is 5.56 Å². The second-order valence-electron chi connectivity index (χ2n) is 4.03. The van der Waals surface area contributed by atoms with Crippen LogP contribution in [0.3, 0.4) is 0 Å². The zero-order valence-electron chi connectivity index (χ0n) is 11.2. The van der Waals surface area contributed by atoms with Gasteiger partial charge < -0.3 is 14.2 Å². The van der Waals surface area contributed by atoms with E-state index in [9.17, 15) is 4.79 Å². The SMILES string of the molecule is C=CCC(COCc1ccccc1)OCC(=O)OC. The monoisotopic (exact) mass is 264 g/mol. The lowest BCUT2D eigenvalue weighted by molar-refractivity contribution is -0.149. The minimum absolute atomic E-state index is 0.0658. The smallest absolute Gasteiger partial charge is 0.331 e. The lowest BCUT2D eigenvalue weighted by Gasteiger charge is -2.15. The fourth-order valence-corrected chi connectivity index (χ4v) is 1.50. The van der Waals surface area contributed by atoms with Crippen molar-refractivity contribution in [2.75, 3.05) is 20.3 Å². The molecule has 0 heterocycles. The van der Waals surface area contributed by atoms with Gasteiger partial charge in [0.25, 0.3) is 0 Å². The summed E-state index contributed by atoms with van der Waals surface area (Å²) in [7, 11) is 1.33. The molecule has 0 bridgehead atoms. The van der Waals surface area contributed by atoms with E-state index in [4.69, 9.17) is 9.47 Å². The summed E-state index contributed by atoms with van der Waals surface area (Å²) in [5, 5.41) is 0. The van der Waals surface area contributed by atoms with E-state index in [-0.39, 0.29) is 12.7 Å². The molecular weight excluding hydrogens is 244 g/mol. The summed E-state index contributed by atoms with van der Waals surface area (Å²) in [6, 6.07) is 9.89. The molecule has 104 valence electrons. The first-order chi connectivity index (χ1) is 9.26. The molecular formula is C15H20O4. The van der Waals surface area contributed by atoms with Crippen LogP contribution in [-0.4, -0.2) is 32.4 Å². The fourth-order valence-electron chi connectivity index (χ4n) is 1.50. The number of carbonyl (C=O) groups is 1. The van der Waals surface area contributed by atoms with Crippen molar-refractivity contribution >= 4 is 5.97 Å². The van der Waals surface area contributed by atoms with Crippen LogP contribution >= 0.6 is 0 Å². The summed E-state index contributed by atoms with van der Waals surface area (Å²) >= 11 is 0. The molecule has 1 aromatic rings. The number of benzene rings is 1. The van der Waals surface area contributed by atoms with Crippen molar-refractivity contribution in [2.24, 2.45) is 0 Å². The van der Waals surface area contributed by atoms with Crippen molar-refractivity contribution < 1.29 is 19.0 Å². The molecule has 0 radical (unpaired) electrons. The Morgan fingerprint density at radius 3 is 2.74 bits per heavy atom. The molecule has 0 aromatic heterocycles. The summed E-state index contributed by atoms with van der Waals surface area (Å²) in [6.07, 6.45) is 2.19. The molecule has 4 nitrogen and oxygen atoms in total. The summed E-state index contributed by atoms with van der Waals surface area (Å²) in [5.41, 5.74) is 1.10. The van der Waals surface area contributed by atoms with Crippen LogP contribution < -0.4 is 0 Å². The first-order valence-corrected chi connectivity index (χ1v) is 6.17. The Kier molecular flexibility index (Phi) is 7.54. The number of esters is 1. The van der Waals surface area contributed by atoms with Crippen LogP contribution in [0.4, 0.5) is 0 Å². The van der Waals surface area contributed by atoms with Gasteiger partial charge in [0.2, 0.25) is 0 Å². The summed E-state index contributed by atoms with van der Waals surface area (Å²) < 4.78 is 15.5. The number of hydrogen-bond donors (Lipinski definition) is 0. The third-order valence-electron chi connectivity index (χ3n) is 2.51. The highest BCUT2D eigenvalue weighted by Gasteiger charge is 2.10. The standard InChI is InChI=1S/C15H20O4/c1-3-7-14(19-12-15(16)17-2)11-18-10-13-8-5-4-6-9-13/h3-6,8-9,14H,1,7,10-12H2,2H3. The number of hydrogen-bond acceptors (Lipinski definition) is 4. The minimum Gasteiger partial charge on any atom is -0.467 e. The van der Waals surface area contributed by atoms with Crippen LogP contribution in [0.5, 0.6) is 0 Å². The molecule has 0 saturated carbocycles. The highest BCUT2D eigenvalue weighted by molar-refractivity contribution is 5.70. The molecule has 4 heteroatoms. The minimum atomic E-state index is -0.392. The third-order valence-corrected chi connectivity index (χ3v) is 2.51. The Bertz CT molecular complexity index is 375. The molecule has 1 atom stereocenters. The van der Waals surface area contributed by atoms with Crippen LogP contribution in [0.1, 0.15) is 12.0 Å². The molecule has 1 unspecified atom stereocenters. The number of carbonyl (C=O) groups excluding carboxylic acids is 1. The van der Waals surface area contributed by atoms with Gasteiger partial charge in [-0.3, -0.25) is 0 Å². The Morgan fingerprint density at radius 2 is 2.11 bits per heavy atom. The lowest BCUT2D eigenvalue weighted by Crippen LogP contribution is -2.23. The predicted molar refractivity (Wildman–Crippen MR) is 72.7 cm³/mol. The molecule has 19 heavy (non-hydrogen) atoms. The highest BCUT2D eigenvalue weighted by Crippen LogP contribution is 2.05. The van der Waals surface area contributed by atoms with E-state index in [2.05, 4.69) is 11.3 Å². The van der Waals surface area contributed by atoms with Gasteiger partial charge in [-0.2, -0.15) is 0 Å². The quantitative estimate of drug-likeness (QED) is 0.507. The average molecular weight is 264 g/mol. The molecule has 0 spiro atoms. The summed E-state index contributed by atoms with van der Waals surface area (Å²) in [5.74, 6) is -0.392. The maximum absolute atomic E-state index is 11.0. The lowest BCUT2D eigenvalue weighted by atomic mass is 10.2. The Labute approximate surface area is 114 Å². The van der Waals surface area contributed by atoms with Gasteiger partial charge in [-0.25, -0.2) is 4.79 Å². The molecule has 0 fully saturated rings. The Balaban J connectivity index is 2.28. The summed E-state index contributed by atoms with van der Waals surface area (Å²) in [4.78, 5) is 11.0. The van der Waals surface area contributed by atoms with Gasteiger partial charge >= 0.3 is 5.97 Å². The van der Waals surface area contributed by atoms with Crippen molar-refractivity contribution in [2.45, 2.75) is 19.1 Å². The van der Waals surface area contributed by atoms with Crippen LogP contribution in [0.25, 0.3) is 0 Å². The number of ether oxygens (including phenoxy) is 3. The van der Waals surface area contributed by atoms with Gasteiger partial charge in [0.15, 0.2) is 0 Å². The largest absolute Gasteiger partial charge is 0.467 e. The molecule has 0 N–H and O–H groups in total. The van der Waals surface area contributed by atoms with Crippen LogP contribution in [0, 0.1) is 0 Å². The van der Waals surface area contributed by atoms with Crippen LogP contribution in [0.15, 0.2) is 43.0 Å². The zero-order chi connectivity index (χ0) is 13.9. The van der Waals surface area contributed by atoms with Crippen molar-refractivity contribution in [3.63, 3.8) is 0 Å². The maximum atomic E-state index is 11.0. The number of rotatable bonds is 9. The second-order valence-corrected chi connectivity index (χ2v) is 4.03. The van der Waals surface area contributed by atoms with Gasteiger partial charge in [-0.1, -0.05) is 36.4 Å². The van der Waals surface area contributed by atoms with Crippen molar-refractivity contribution in [3.05, 3.63) is 48.6 Å². The zero-order valence-corrected chi connectivity index (χ0v) is 11.2. The van der Waals surface area contributed by atoms with Crippen molar-refractivity contribution in [1.82, 2.24) is 0 Å². The van der Waals surface area contributed by atoms with E-state index in [0.29, 0.717) is 19.6 Å². The number of methoxy groups -OCH3 is 1. The molecule has 0 aliphatic rings. The van der Waals surface area contributed by atoms with E-state index >= 15 is 0 Å². The van der Waals surface area contributed by atoms with Crippen molar-refractivity contribution in [3.8, 4) is 0 Å². The molecule has 0 amide bonds. The van der Waals surface area contributed by atoms with E-state index in [1.807, 2.05) is 30.3 Å². The van der Waals surface area contributed by atoms with Gasteiger partial charge in [0.1, 0.15) is 6.61 Å². The molecule has 0 aliphatic heterocycles. The van der Waals surface area contributed by atoms with Gasteiger partial charge in [0.05, 0.1) is 26.4 Å². The molecule has 1 aromatic carbocycles. The fraction of sp³-hybridized carbons (Fsp3) is 0.400. The molecule has 0 saturated heterocycles. The van der Waals surface area contributed by atoms with Crippen molar-refractivity contribution in [1.29, 1.82) is 0 Å². The second kappa shape index (κ2) is 9.30. The van der Waals surface area contributed by atoms with Gasteiger partial charge in [-0.15, -0.1) is 6.58 Å². The topological polar surface area (TPSA) is 44.8 Å². The molecule has 0 aliphatic carbocycles. The Morgan fingerprint density at radius 1 is 1.37 bits per heavy atom. The maximum Gasteiger partial charge on any atom is 0.331 e. The average Bonchev–Trinajstić information content (AvgIpc) is 2.45. The molecule has 1 rings (SSSR count). The summed E-state index contributed by atoms with van der Waals surface area (Å²) in [6.45, 7) is 4.53. The first-order valence-electron chi connectivity index (χ1n) is 6.17. The van der Waals surface area contributed by atoms with E-state index < -0.39 is 5.97 Å². The van der Waals surface area contributed by atoms with Crippen LogP contribution in [-0.2, 0) is 25.6 Å². The highest BCUT2D eigenvalue weighted by atomic mass is 16.6. The van der Waals surface area contributed by atoms with Gasteiger partial charge in [0, 0.05) is 0 Å². The van der Waals surface area contributed by atoms with E-state index in [1.54, 1.807) is 6.08 Å². The first kappa shape index (κ1) is 15.4.